The van der Waals surface area contributed by atoms with Crippen LogP contribution in [-0.2, 0) is 14.3 Å². The van der Waals surface area contributed by atoms with Gasteiger partial charge < -0.3 is 15.2 Å². The topological polar surface area (TPSA) is 92.7 Å². The molecule has 2 N–H and O–H groups in total. The summed E-state index contributed by atoms with van der Waals surface area (Å²) in [5.41, 5.74) is 2.93. The van der Waals surface area contributed by atoms with Crippen molar-refractivity contribution in [2.75, 3.05) is 12.4 Å². The number of ether oxygens (including phenoxy) is 1. The highest BCUT2D eigenvalue weighted by atomic mass is 32.1. The van der Waals surface area contributed by atoms with Crippen molar-refractivity contribution < 1.29 is 24.2 Å². The highest BCUT2D eigenvalue weighted by molar-refractivity contribution is 7.15. The lowest BCUT2D eigenvalue weighted by molar-refractivity contribution is -0.148. The van der Waals surface area contributed by atoms with Gasteiger partial charge in [0.25, 0.3) is 0 Å². The summed E-state index contributed by atoms with van der Waals surface area (Å²) in [5.74, 6) is -2.78. The fourth-order valence-corrected chi connectivity index (χ4v) is 5.96. The van der Waals surface area contributed by atoms with Crippen LogP contribution < -0.4 is 5.32 Å². The highest BCUT2D eigenvalue weighted by Crippen LogP contribution is 2.53. The number of carbonyl (C=O) groups is 3. The molecule has 2 fully saturated rings. The van der Waals surface area contributed by atoms with Gasteiger partial charge in [-0.15, -0.1) is 11.3 Å². The summed E-state index contributed by atoms with van der Waals surface area (Å²) in [4.78, 5) is 37.3. The van der Waals surface area contributed by atoms with E-state index in [9.17, 15) is 19.5 Å². The third-order valence-electron chi connectivity index (χ3n) is 6.25. The summed E-state index contributed by atoms with van der Waals surface area (Å²) >= 11 is 1.26. The first-order valence-corrected chi connectivity index (χ1v) is 10.6. The molecule has 2 aromatic rings. The van der Waals surface area contributed by atoms with E-state index in [0.717, 1.165) is 30.4 Å². The second kappa shape index (κ2) is 7.63. The van der Waals surface area contributed by atoms with Crippen molar-refractivity contribution in [1.82, 2.24) is 0 Å². The van der Waals surface area contributed by atoms with E-state index in [1.165, 1.54) is 18.4 Å². The van der Waals surface area contributed by atoms with Crippen molar-refractivity contribution in [1.29, 1.82) is 0 Å². The Morgan fingerprint density at radius 2 is 1.90 bits per heavy atom. The Kier molecular flexibility index (Phi) is 5.17. The Labute approximate surface area is 172 Å². The van der Waals surface area contributed by atoms with E-state index < -0.39 is 23.8 Å². The fraction of sp³-hybridized carbons (Fsp3) is 0.409. The number of aliphatic carboxylic acids is 1. The molecule has 1 heterocycles. The Hall–Kier alpha value is -2.67. The first kappa shape index (κ1) is 19.6. The van der Waals surface area contributed by atoms with Crippen LogP contribution in [0.2, 0.25) is 0 Å². The first-order valence-electron chi connectivity index (χ1n) is 9.71. The van der Waals surface area contributed by atoms with Gasteiger partial charge in [-0.2, -0.15) is 0 Å². The molecule has 0 spiro atoms. The molecule has 2 aliphatic carbocycles. The number of hydrogen-bond donors (Lipinski definition) is 2. The van der Waals surface area contributed by atoms with Gasteiger partial charge in [-0.05, 0) is 43.6 Å². The average molecular weight is 413 g/mol. The molecule has 0 saturated heterocycles. The maximum Gasteiger partial charge on any atom is 0.341 e. The van der Waals surface area contributed by atoms with Crippen LogP contribution in [-0.4, -0.2) is 30.1 Å². The number of thiophene rings is 1. The molecule has 2 aliphatic rings. The molecule has 0 aliphatic heterocycles. The van der Waals surface area contributed by atoms with Gasteiger partial charge in [-0.3, -0.25) is 9.59 Å². The van der Waals surface area contributed by atoms with Crippen molar-refractivity contribution in [2.45, 2.75) is 26.2 Å². The monoisotopic (exact) mass is 413 g/mol. The van der Waals surface area contributed by atoms with Crippen molar-refractivity contribution in [2.24, 2.45) is 23.7 Å². The van der Waals surface area contributed by atoms with Crippen LogP contribution in [0.25, 0.3) is 11.1 Å². The minimum atomic E-state index is -0.905. The summed E-state index contributed by atoms with van der Waals surface area (Å²) in [7, 11) is 1.31. The quantitative estimate of drug-likeness (QED) is 0.717. The van der Waals surface area contributed by atoms with Crippen LogP contribution in [0.5, 0.6) is 0 Å². The van der Waals surface area contributed by atoms with Crippen molar-refractivity contribution in [3.8, 4) is 11.1 Å². The molecule has 2 bridgehead atoms. The maximum atomic E-state index is 13.1. The molecule has 1 aromatic heterocycles. The molecular formula is C22H23NO5S. The summed E-state index contributed by atoms with van der Waals surface area (Å²) < 4.78 is 4.97. The third-order valence-corrected chi connectivity index (χ3v) is 7.15. The van der Waals surface area contributed by atoms with Crippen LogP contribution in [0.15, 0.2) is 29.6 Å². The lowest BCUT2D eigenvalue weighted by atomic mass is 9.78. The molecule has 4 rings (SSSR count). The number of benzene rings is 1. The summed E-state index contributed by atoms with van der Waals surface area (Å²) in [6.45, 7) is 1.97. The van der Waals surface area contributed by atoms with Crippen LogP contribution in [0, 0.1) is 30.6 Å². The van der Waals surface area contributed by atoms with E-state index in [-0.39, 0.29) is 17.7 Å². The van der Waals surface area contributed by atoms with Crippen LogP contribution in [0.4, 0.5) is 5.00 Å². The smallest absolute Gasteiger partial charge is 0.341 e. The molecule has 0 unspecified atom stereocenters. The molecular weight excluding hydrogens is 390 g/mol. The lowest BCUT2D eigenvalue weighted by Gasteiger charge is -2.26. The molecule has 0 radical (unpaired) electrons. The number of methoxy groups -OCH3 is 1. The molecule has 4 atom stereocenters. The highest BCUT2D eigenvalue weighted by Gasteiger charge is 2.54. The Morgan fingerprint density at radius 3 is 2.55 bits per heavy atom. The van der Waals surface area contributed by atoms with Crippen LogP contribution >= 0.6 is 11.3 Å². The largest absolute Gasteiger partial charge is 0.481 e. The number of aryl methyl sites for hydroxylation is 1. The second-order valence-corrected chi connectivity index (χ2v) is 8.81. The van der Waals surface area contributed by atoms with E-state index in [1.807, 2.05) is 36.6 Å². The maximum absolute atomic E-state index is 13.1. The Bertz CT molecular complexity index is 981. The number of rotatable bonds is 5. The zero-order chi connectivity index (χ0) is 20.7. The van der Waals surface area contributed by atoms with Crippen molar-refractivity contribution in [3.05, 3.63) is 40.8 Å². The molecule has 1 amide bonds. The first-order chi connectivity index (χ1) is 13.9. The lowest BCUT2D eigenvalue weighted by Crippen LogP contribution is -2.37. The number of carboxylic acids is 1. The molecule has 2 saturated carbocycles. The number of nitrogens with one attached hydrogen (secondary N) is 1. The number of carboxylic acid groups (broad SMARTS) is 1. The van der Waals surface area contributed by atoms with Crippen molar-refractivity contribution >= 4 is 34.2 Å². The number of fused-ring (bicyclic) bond motifs is 2. The summed E-state index contributed by atoms with van der Waals surface area (Å²) in [6.07, 6.45) is 2.54. The van der Waals surface area contributed by atoms with Gasteiger partial charge in [0.05, 0.1) is 18.9 Å². The van der Waals surface area contributed by atoms with Gasteiger partial charge in [0.15, 0.2) is 0 Å². The summed E-state index contributed by atoms with van der Waals surface area (Å²) in [5, 5.41) is 14.7. The van der Waals surface area contributed by atoms with Crippen LogP contribution in [0.1, 0.15) is 35.2 Å². The zero-order valence-corrected chi connectivity index (χ0v) is 17.1. The minimum absolute atomic E-state index is 0.0690. The SMILES string of the molecule is COC(=O)c1c(-c2cccc(C)c2)csc1NC(=O)[C@@H]1[C@H]2CC[C@@H](C2)[C@H]1C(=O)O. The number of esters is 1. The number of hydrogen-bond acceptors (Lipinski definition) is 5. The predicted molar refractivity (Wildman–Crippen MR) is 110 cm³/mol. The van der Waals surface area contributed by atoms with E-state index in [1.54, 1.807) is 0 Å². The fourth-order valence-electron chi connectivity index (χ4n) is 5.00. The van der Waals surface area contributed by atoms with E-state index >= 15 is 0 Å². The number of anilines is 1. The minimum Gasteiger partial charge on any atom is -0.481 e. The number of amides is 1. The van der Waals surface area contributed by atoms with Crippen LogP contribution in [0.3, 0.4) is 0 Å². The van der Waals surface area contributed by atoms with E-state index in [2.05, 4.69) is 5.32 Å². The summed E-state index contributed by atoms with van der Waals surface area (Å²) in [6, 6.07) is 7.76. The van der Waals surface area contributed by atoms with Gasteiger partial charge in [0.1, 0.15) is 10.6 Å². The normalized spacial score (nSPS) is 25.0. The van der Waals surface area contributed by atoms with Gasteiger partial charge in [0.2, 0.25) is 5.91 Å². The molecule has 6 nitrogen and oxygen atoms in total. The van der Waals surface area contributed by atoms with Crippen molar-refractivity contribution in [3.63, 3.8) is 0 Å². The van der Waals surface area contributed by atoms with Gasteiger partial charge in [-0.25, -0.2) is 4.79 Å². The number of carbonyl (C=O) groups excluding carboxylic acids is 2. The molecule has 7 heteroatoms. The predicted octanol–water partition coefficient (Wildman–Crippen LogP) is 4.20. The molecule has 152 valence electrons. The average Bonchev–Trinajstić information content (AvgIpc) is 3.41. The Balaban J connectivity index is 1.66. The third kappa shape index (κ3) is 3.44. The van der Waals surface area contributed by atoms with Gasteiger partial charge in [0, 0.05) is 10.9 Å². The second-order valence-electron chi connectivity index (χ2n) is 7.93. The Morgan fingerprint density at radius 1 is 1.17 bits per heavy atom. The van der Waals surface area contributed by atoms with E-state index in [4.69, 9.17) is 4.74 Å². The molecule has 29 heavy (non-hydrogen) atoms. The molecule has 1 aromatic carbocycles. The van der Waals surface area contributed by atoms with Gasteiger partial charge >= 0.3 is 11.9 Å². The standard InChI is InChI=1S/C22H23NO5S/c1-11-4-3-5-12(8-11)15-10-29-20(18(15)22(27)28-2)23-19(24)16-13-6-7-14(9-13)17(16)21(25)26/h3-5,8,10,13-14,16-17H,6-7,9H2,1-2H3,(H,23,24)(H,25,26)/t13-,14-,16+,17+/m0/s1. The van der Waals surface area contributed by atoms with Gasteiger partial charge in [-0.1, -0.05) is 29.8 Å². The van der Waals surface area contributed by atoms with E-state index in [0.29, 0.717) is 16.1 Å². The zero-order valence-electron chi connectivity index (χ0n) is 16.3.